The number of nitrogens with zero attached hydrogens (tertiary/aromatic N) is 1. The Kier molecular flexibility index (Phi) is 7.09. The molecule has 1 heterocycles. The van der Waals surface area contributed by atoms with Crippen molar-refractivity contribution in [2.75, 3.05) is 39.3 Å². The first-order valence-corrected chi connectivity index (χ1v) is 12.8. The van der Waals surface area contributed by atoms with E-state index in [1.54, 1.807) is 24.3 Å². The molecule has 0 spiro atoms. The summed E-state index contributed by atoms with van der Waals surface area (Å²) in [5, 5.41) is 6.59. The third kappa shape index (κ3) is 5.43. The molecule has 2 N–H and O–H groups in total. The maximum absolute atomic E-state index is 13.3. The van der Waals surface area contributed by atoms with Crippen molar-refractivity contribution in [2.45, 2.75) is 24.7 Å². The first kappa shape index (κ1) is 25.1. The largest absolute Gasteiger partial charge is 0.454 e. The van der Waals surface area contributed by atoms with Gasteiger partial charge in [-0.05, 0) is 93.5 Å². The minimum atomic E-state index is -0.567. The lowest BCUT2D eigenvalue weighted by Gasteiger charge is -2.17. The van der Waals surface area contributed by atoms with Crippen LogP contribution in [-0.4, -0.2) is 50.7 Å². The van der Waals surface area contributed by atoms with Gasteiger partial charge in [-0.15, -0.1) is 0 Å². The molecular weight excluding hydrogens is 490 g/mol. The topological polar surface area (TPSA) is 79.9 Å². The third-order valence-electron chi connectivity index (χ3n) is 6.86. The normalized spacial score (nSPS) is 14.9. The van der Waals surface area contributed by atoms with Crippen molar-refractivity contribution in [1.82, 2.24) is 10.2 Å². The van der Waals surface area contributed by atoms with Gasteiger partial charge in [0.05, 0.1) is 5.41 Å². The lowest BCUT2D eigenvalue weighted by atomic mass is 9.94. The van der Waals surface area contributed by atoms with Crippen LogP contribution in [0.1, 0.15) is 35.2 Å². The van der Waals surface area contributed by atoms with Gasteiger partial charge in [0.25, 0.3) is 5.91 Å². The lowest BCUT2D eigenvalue weighted by molar-refractivity contribution is -0.118. The summed E-state index contributed by atoms with van der Waals surface area (Å²) in [5.41, 5.74) is 3.27. The second-order valence-corrected chi connectivity index (χ2v) is 10.2. The third-order valence-corrected chi connectivity index (χ3v) is 7.19. The summed E-state index contributed by atoms with van der Waals surface area (Å²) < 4.78 is 10.9. The second kappa shape index (κ2) is 10.4. The molecule has 3 aromatic rings. The smallest absolute Gasteiger partial charge is 0.251 e. The molecule has 0 saturated heterocycles. The molecule has 1 aliphatic heterocycles. The number of benzene rings is 3. The number of nitrogens with one attached hydrogen (secondary N) is 2. The molecule has 0 atom stereocenters. The molecule has 8 heteroatoms. The number of fused-ring (bicyclic) bond motifs is 1. The molecule has 2 aliphatic rings. The molecular formula is C29H30ClN3O4. The molecule has 1 saturated carbocycles. The van der Waals surface area contributed by atoms with Crippen LogP contribution in [0.3, 0.4) is 0 Å². The number of hydrogen-bond acceptors (Lipinski definition) is 5. The van der Waals surface area contributed by atoms with E-state index in [2.05, 4.69) is 15.5 Å². The summed E-state index contributed by atoms with van der Waals surface area (Å²) in [6, 6.07) is 18.5. The van der Waals surface area contributed by atoms with Gasteiger partial charge in [-0.3, -0.25) is 9.59 Å². The molecule has 2 amide bonds. The Morgan fingerprint density at radius 3 is 2.46 bits per heavy atom. The van der Waals surface area contributed by atoms with Crippen molar-refractivity contribution in [1.29, 1.82) is 0 Å². The molecule has 5 rings (SSSR count). The van der Waals surface area contributed by atoms with Crippen LogP contribution in [0.5, 0.6) is 11.5 Å². The number of halogens is 1. The predicted molar refractivity (Wildman–Crippen MR) is 144 cm³/mol. The standard InChI is InChI=1S/C29H30ClN3O4/c1-33(2)15-3-14-31-27(34)20-6-4-19(5-7-20)23-17-22(9-10-24(23)30)32-28(35)29(12-13-29)21-8-11-25-26(16-21)37-18-36-25/h4-11,16-17H,3,12-15,18H2,1-2H3,(H,31,34)(H,32,35). The molecule has 3 aromatic carbocycles. The van der Waals surface area contributed by atoms with Gasteiger partial charge >= 0.3 is 0 Å². The van der Waals surface area contributed by atoms with Crippen LogP contribution in [0, 0.1) is 0 Å². The summed E-state index contributed by atoms with van der Waals surface area (Å²) in [7, 11) is 4.02. The highest BCUT2D eigenvalue weighted by Crippen LogP contribution is 2.51. The number of ether oxygens (including phenoxy) is 2. The highest BCUT2D eigenvalue weighted by molar-refractivity contribution is 6.33. The maximum atomic E-state index is 13.3. The minimum Gasteiger partial charge on any atom is -0.454 e. The van der Waals surface area contributed by atoms with Crippen LogP contribution in [0.4, 0.5) is 5.69 Å². The van der Waals surface area contributed by atoms with Crippen LogP contribution in [0.25, 0.3) is 11.1 Å². The molecule has 1 aliphatic carbocycles. The first-order valence-electron chi connectivity index (χ1n) is 12.4. The van der Waals surface area contributed by atoms with Gasteiger partial charge in [-0.2, -0.15) is 0 Å². The van der Waals surface area contributed by atoms with Crippen LogP contribution in [-0.2, 0) is 10.2 Å². The van der Waals surface area contributed by atoms with Gasteiger partial charge in [0.1, 0.15) is 0 Å². The first-order chi connectivity index (χ1) is 17.9. The van der Waals surface area contributed by atoms with E-state index in [4.69, 9.17) is 21.1 Å². The Bertz CT molecular complexity index is 1320. The average molecular weight is 520 g/mol. The Morgan fingerprint density at radius 2 is 1.73 bits per heavy atom. The molecule has 0 radical (unpaired) electrons. The SMILES string of the molecule is CN(C)CCCNC(=O)c1ccc(-c2cc(NC(=O)C3(c4ccc5c(c4)OCO5)CC3)ccc2Cl)cc1. The number of carbonyl (C=O) groups excluding carboxylic acids is 2. The fraction of sp³-hybridized carbons (Fsp3) is 0.310. The van der Waals surface area contributed by atoms with Gasteiger partial charge in [-0.25, -0.2) is 0 Å². The van der Waals surface area contributed by atoms with Crippen LogP contribution >= 0.6 is 11.6 Å². The zero-order valence-corrected chi connectivity index (χ0v) is 21.7. The van der Waals surface area contributed by atoms with E-state index < -0.39 is 5.41 Å². The summed E-state index contributed by atoms with van der Waals surface area (Å²) in [4.78, 5) is 27.9. The van der Waals surface area contributed by atoms with E-state index in [9.17, 15) is 9.59 Å². The van der Waals surface area contributed by atoms with Crippen molar-refractivity contribution in [2.24, 2.45) is 0 Å². The fourth-order valence-corrected chi connectivity index (χ4v) is 4.77. The molecule has 0 aromatic heterocycles. The van der Waals surface area contributed by atoms with Gasteiger partial charge < -0.3 is 25.0 Å². The predicted octanol–water partition coefficient (Wildman–Crippen LogP) is 5.09. The van der Waals surface area contributed by atoms with E-state index in [1.165, 1.54) is 0 Å². The van der Waals surface area contributed by atoms with Gasteiger partial charge in [0, 0.05) is 28.4 Å². The van der Waals surface area contributed by atoms with E-state index in [0.717, 1.165) is 42.5 Å². The fourth-order valence-electron chi connectivity index (χ4n) is 4.54. The van der Waals surface area contributed by atoms with Crippen LogP contribution in [0.15, 0.2) is 60.7 Å². The number of hydrogen-bond donors (Lipinski definition) is 2. The quantitative estimate of drug-likeness (QED) is 0.385. The molecule has 7 nitrogen and oxygen atoms in total. The average Bonchev–Trinajstić information content (AvgIpc) is 3.58. The highest BCUT2D eigenvalue weighted by atomic mass is 35.5. The summed E-state index contributed by atoms with van der Waals surface area (Å²) in [5.74, 6) is 1.22. The molecule has 192 valence electrons. The van der Waals surface area contributed by atoms with E-state index in [0.29, 0.717) is 34.3 Å². The van der Waals surface area contributed by atoms with Crippen LogP contribution in [0.2, 0.25) is 5.02 Å². The van der Waals surface area contributed by atoms with Crippen molar-refractivity contribution in [3.8, 4) is 22.6 Å². The van der Waals surface area contributed by atoms with Gasteiger partial charge in [0.2, 0.25) is 12.7 Å². The summed E-state index contributed by atoms with van der Waals surface area (Å²) in [6.45, 7) is 1.75. The highest BCUT2D eigenvalue weighted by Gasteiger charge is 2.51. The van der Waals surface area contributed by atoms with E-state index in [1.807, 2.05) is 50.5 Å². The minimum absolute atomic E-state index is 0.0547. The Morgan fingerprint density at radius 1 is 0.973 bits per heavy atom. The molecule has 0 bridgehead atoms. The zero-order valence-electron chi connectivity index (χ0n) is 21.0. The number of carbonyl (C=O) groups is 2. The molecule has 37 heavy (non-hydrogen) atoms. The van der Waals surface area contributed by atoms with Crippen molar-refractivity contribution < 1.29 is 19.1 Å². The summed E-state index contributed by atoms with van der Waals surface area (Å²) in [6.07, 6.45) is 2.44. The summed E-state index contributed by atoms with van der Waals surface area (Å²) >= 11 is 6.51. The van der Waals surface area contributed by atoms with Crippen LogP contribution < -0.4 is 20.1 Å². The Hall–Kier alpha value is -3.55. The Labute approximate surface area is 221 Å². The van der Waals surface area contributed by atoms with Crippen molar-refractivity contribution in [3.05, 3.63) is 76.8 Å². The van der Waals surface area contributed by atoms with Crippen molar-refractivity contribution >= 4 is 29.1 Å². The molecule has 1 fully saturated rings. The number of amides is 2. The van der Waals surface area contributed by atoms with E-state index in [-0.39, 0.29) is 18.6 Å². The van der Waals surface area contributed by atoms with E-state index >= 15 is 0 Å². The van der Waals surface area contributed by atoms with Gasteiger partial charge in [-0.1, -0.05) is 29.8 Å². The monoisotopic (exact) mass is 519 g/mol. The second-order valence-electron chi connectivity index (χ2n) is 9.79. The number of anilines is 1. The maximum Gasteiger partial charge on any atom is 0.251 e. The zero-order chi connectivity index (χ0) is 26.0. The van der Waals surface area contributed by atoms with Gasteiger partial charge in [0.15, 0.2) is 11.5 Å². The Balaban J connectivity index is 1.27. The molecule has 0 unspecified atom stereocenters. The lowest BCUT2D eigenvalue weighted by Crippen LogP contribution is -2.27. The van der Waals surface area contributed by atoms with Crippen molar-refractivity contribution in [3.63, 3.8) is 0 Å². The number of rotatable bonds is 9.